The number of alkyl halides is 3. The van der Waals surface area contributed by atoms with Gasteiger partial charge in [-0.15, -0.1) is 15.3 Å². The number of carbonyl (C=O) groups is 2. The number of hydrogen-bond donors (Lipinski definition) is 2. The number of amides is 2. The molecule has 0 bridgehead atoms. The van der Waals surface area contributed by atoms with Crippen molar-refractivity contribution in [1.29, 1.82) is 0 Å². The normalized spacial score (nSPS) is 14.9. The van der Waals surface area contributed by atoms with Crippen molar-refractivity contribution in [3.05, 3.63) is 46.8 Å². The summed E-state index contributed by atoms with van der Waals surface area (Å²) >= 11 is 0. The van der Waals surface area contributed by atoms with Crippen LogP contribution in [0.5, 0.6) is 0 Å². The molecule has 9 nitrogen and oxygen atoms in total. The summed E-state index contributed by atoms with van der Waals surface area (Å²) in [6, 6.07) is 6.98. The number of benzene rings is 1. The van der Waals surface area contributed by atoms with Crippen molar-refractivity contribution in [2.24, 2.45) is 5.92 Å². The molecule has 0 unspecified atom stereocenters. The summed E-state index contributed by atoms with van der Waals surface area (Å²) in [5.74, 6) is -1.66. The number of carbonyl (C=O) groups excluding carboxylic acids is 2. The van der Waals surface area contributed by atoms with E-state index in [1.54, 1.807) is 6.07 Å². The highest BCUT2D eigenvalue weighted by Gasteiger charge is 2.38. The molecule has 0 spiro atoms. The van der Waals surface area contributed by atoms with Gasteiger partial charge in [-0.2, -0.15) is 17.7 Å². The summed E-state index contributed by atoms with van der Waals surface area (Å²) in [5.41, 5.74) is 3.76. The van der Waals surface area contributed by atoms with E-state index >= 15 is 0 Å². The zero-order valence-electron chi connectivity index (χ0n) is 19.6. The smallest absolute Gasteiger partial charge is 0.355 e. The predicted molar refractivity (Wildman–Crippen MR) is 123 cm³/mol. The van der Waals surface area contributed by atoms with Gasteiger partial charge in [-0.25, -0.2) is 0 Å². The number of fused-ring (bicyclic) bond motifs is 1. The van der Waals surface area contributed by atoms with Crippen molar-refractivity contribution in [1.82, 2.24) is 25.1 Å². The molecule has 2 N–H and O–H groups in total. The second kappa shape index (κ2) is 9.51. The topological polar surface area (TPSA) is 105 Å². The third-order valence-corrected chi connectivity index (χ3v) is 6.06. The van der Waals surface area contributed by atoms with E-state index in [0.29, 0.717) is 36.3 Å². The number of hydrogen-bond acceptors (Lipinski definition) is 6. The molecule has 4 rings (SSSR count). The Labute approximate surface area is 199 Å². The second-order valence-electron chi connectivity index (χ2n) is 8.78. The number of nitrogens with zero attached hydrogens (tertiary/aromatic N) is 5. The Kier molecular flexibility index (Phi) is 6.64. The van der Waals surface area contributed by atoms with E-state index < -0.39 is 12.0 Å². The Bertz CT molecular complexity index is 1240. The Hall–Kier alpha value is -3.70. The quantitative estimate of drug-likeness (QED) is 0.571. The lowest BCUT2D eigenvalue weighted by Crippen LogP contribution is -2.43. The van der Waals surface area contributed by atoms with Gasteiger partial charge < -0.3 is 15.5 Å². The maximum absolute atomic E-state index is 13.1. The molecule has 3 heterocycles. The molecular weight excluding hydrogens is 463 g/mol. The van der Waals surface area contributed by atoms with Crippen LogP contribution in [-0.4, -0.2) is 51.3 Å². The first kappa shape index (κ1) is 24.4. The average molecular weight is 490 g/mol. The van der Waals surface area contributed by atoms with Crippen molar-refractivity contribution in [3.8, 4) is 0 Å². The van der Waals surface area contributed by atoms with Crippen LogP contribution in [0.25, 0.3) is 5.65 Å². The minimum Gasteiger partial charge on any atom is -0.355 e. The average Bonchev–Trinajstić information content (AvgIpc) is 3.24. The van der Waals surface area contributed by atoms with Gasteiger partial charge in [0.25, 0.3) is 5.82 Å². The van der Waals surface area contributed by atoms with Gasteiger partial charge >= 0.3 is 6.18 Å². The van der Waals surface area contributed by atoms with Crippen LogP contribution >= 0.6 is 0 Å². The summed E-state index contributed by atoms with van der Waals surface area (Å²) in [6.07, 6.45) is -3.70. The number of anilines is 2. The second-order valence-corrected chi connectivity index (χ2v) is 8.78. The number of rotatable bonds is 5. The Morgan fingerprint density at radius 1 is 1.06 bits per heavy atom. The van der Waals surface area contributed by atoms with E-state index in [2.05, 4.69) is 25.9 Å². The maximum Gasteiger partial charge on any atom is 0.453 e. The number of nitrogens with one attached hydrogen (secondary N) is 2. The molecule has 1 aliphatic rings. The largest absolute Gasteiger partial charge is 0.453 e. The van der Waals surface area contributed by atoms with Crippen LogP contribution in [0.3, 0.4) is 0 Å². The number of aromatic nitrogens is 4. The maximum atomic E-state index is 13.1. The van der Waals surface area contributed by atoms with Crippen molar-refractivity contribution in [3.63, 3.8) is 0 Å². The number of halogens is 3. The fraction of sp³-hybridized carbons (Fsp3) is 0.435. The lowest BCUT2D eigenvalue weighted by molar-refractivity contribution is -0.146. The molecule has 12 heteroatoms. The molecule has 0 atom stereocenters. The Morgan fingerprint density at radius 3 is 2.34 bits per heavy atom. The monoisotopic (exact) mass is 489 g/mol. The van der Waals surface area contributed by atoms with Gasteiger partial charge in [0.15, 0.2) is 5.65 Å². The third-order valence-electron chi connectivity index (χ3n) is 6.06. The fourth-order valence-electron chi connectivity index (χ4n) is 4.37. The summed E-state index contributed by atoms with van der Waals surface area (Å²) in [6.45, 7) is 6.56. The zero-order chi connectivity index (χ0) is 25.3. The van der Waals surface area contributed by atoms with Crippen molar-refractivity contribution < 1.29 is 22.8 Å². The summed E-state index contributed by atoms with van der Waals surface area (Å²) in [7, 11) is 0. The highest BCUT2D eigenvalue weighted by atomic mass is 19.4. The van der Waals surface area contributed by atoms with Gasteiger partial charge in [0.2, 0.25) is 11.8 Å². The molecule has 1 aliphatic heterocycles. The molecule has 0 radical (unpaired) electrons. The minimum absolute atomic E-state index is 0.00430. The Morgan fingerprint density at radius 2 is 1.71 bits per heavy atom. The first-order chi connectivity index (χ1) is 16.5. The third kappa shape index (κ3) is 5.36. The van der Waals surface area contributed by atoms with Crippen molar-refractivity contribution in [2.75, 3.05) is 29.9 Å². The summed E-state index contributed by atoms with van der Waals surface area (Å²) in [4.78, 5) is 26.8. The highest BCUT2D eigenvalue weighted by molar-refractivity contribution is 5.96. The molecule has 2 amide bonds. The van der Waals surface area contributed by atoms with Gasteiger partial charge in [-0.05, 0) is 56.9 Å². The first-order valence-corrected chi connectivity index (χ1v) is 11.2. The fourth-order valence-corrected chi connectivity index (χ4v) is 4.37. The van der Waals surface area contributed by atoms with Crippen LogP contribution in [0.4, 0.5) is 24.7 Å². The number of piperidine rings is 1. The van der Waals surface area contributed by atoms with E-state index in [1.807, 2.05) is 37.8 Å². The molecule has 3 aromatic rings. The van der Waals surface area contributed by atoms with Gasteiger partial charge in [-0.3, -0.25) is 9.59 Å². The van der Waals surface area contributed by atoms with Crippen LogP contribution < -0.4 is 15.5 Å². The van der Waals surface area contributed by atoms with Crippen LogP contribution in [0.15, 0.2) is 24.3 Å². The minimum atomic E-state index is -4.67. The van der Waals surface area contributed by atoms with E-state index in [-0.39, 0.29) is 29.9 Å². The van der Waals surface area contributed by atoms with Crippen LogP contribution in [0, 0.1) is 26.7 Å². The van der Waals surface area contributed by atoms with Gasteiger partial charge in [0.1, 0.15) is 5.82 Å². The lowest BCUT2D eigenvalue weighted by Gasteiger charge is -2.32. The van der Waals surface area contributed by atoms with Gasteiger partial charge in [0.05, 0.1) is 6.54 Å². The van der Waals surface area contributed by atoms with E-state index in [1.165, 1.54) is 6.07 Å². The molecule has 35 heavy (non-hydrogen) atoms. The summed E-state index contributed by atoms with van der Waals surface area (Å²) < 4.78 is 40.1. The SMILES string of the molecule is Cc1cc(C)c(NC(=O)CNC(=O)C2CCN(c3ccc4nnc(C(F)(F)F)n4n3)CC2)c(C)c1. The van der Waals surface area contributed by atoms with Gasteiger partial charge in [-0.1, -0.05) is 17.7 Å². The van der Waals surface area contributed by atoms with Gasteiger partial charge in [0, 0.05) is 24.7 Å². The molecule has 1 fully saturated rings. The molecular formula is C23H26F3N7O2. The predicted octanol–water partition coefficient (Wildman–Crippen LogP) is 3.04. The van der Waals surface area contributed by atoms with Crippen LogP contribution in [0.1, 0.15) is 35.4 Å². The molecule has 0 saturated carbocycles. The lowest BCUT2D eigenvalue weighted by atomic mass is 9.96. The summed E-state index contributed by atoms with van der Waals surface area (Å²) in [5, 5.41) is 16.3. The van der Waals surface area contributed by atoms with Crippen LogP contribution in [-0.2, 0) is 15.8 Å². The highest BCUT2D eigenvalue weighted by Crippen LogP contribution is 2.29. The zero-order valence-corrected chi connectivity index (χ0v) is 19.6. The standard InChI is InChI=1S/C23H26F3N7O2/c1-13-10-14(2)20(15(3)11-13)28-19(34)12-27-21(35)16-6-8-32(9-7-16)18-5-4-17-29-30-22(23(24,25)26)33(17)31-18/h4-5,10-11,16H,6-9,12H2,1-3H3,(H,27,35)(H,28,34). The van der Waals surface area contributed by atoms with E-state index in [9.17, 15) is 22.8 Å². The van der Waals surface area contributed by atoms with Crippen molar-refractivity contribution in [2.45, 2.75) is 39.8 Å². The van der Waals surface area contributed by atoms with E-state index in [4.69, 9.17) is 0 Å². The molecule has 1 aromatic carbocycles. The van der Waals surface area contributed by atoms with Crippen molar-refractivity contribution >= 4 is 29.0 Å². The van der Waals surface area contributed by atoms with Crippen LogP contribution in [0.2, 0.25) is 0 Å². The van der Waals surface area contributed by atoms with E-state index in [0.717, 1.165) is 22.4 Å². The molecule has 2 aromatic heterocycles. The Balaban J connectivity index is 1.31. The number of aryl methyl sites for hydroxylation is 3. The molecule has 0 aliphatic carbocycles. The molecule has 1 saturated heterocycles. The molecule has 186 valence electrons. The first-order valence-electron chi connectivity index (χ1n) is 11.2.